The molecule has 0 aliphatic carbocycles. The predicted octanol–water partition coefficient (Wildman–Crippen LogP) is 6.37. The van der Waals surface area contributed by atoms with Gasteiger partial charge < -0.3 is 16.6 Å². The van der Waals surface area contributed by atoms with Crippen LogP contribution in [0.15, 0.2) is 65.7 Å². The summed E-state index contributed by atoms with van der Waals surface area (Å²) < 4.78 is 0. The lowest BCUT2D eigenvalue weighted by molar-refractivity contribution is -0.119. The third-order valence-corrected chi connectivity index (χ3v) is 6.55. The summed E-state index contributed by atoms with van der Waals surface area (Å²) >= 11 is 0. The molecule has 4 N–H and O–H groups in total. The molecule has 0 aliphatic rings. The summed E-state index contributed by atoms with van der Waals surface area (Å²) in [4.78, 5) is 16.9. The van der Waals surface area contributed by atoms with Crippen LogP contribution in [0.4, 0.5) is 0 Å². The summed E-state index contributed by atoms with van der Waals surface area (Å²) in [5.41, 5.74) is 6.80. The highest BCUT2D eigenvalue weighted by Crippen LogP contribution is 2.33. The molecule has 0 spiro atoms. The number of rotatable bonds is 15. The van der Waals surface area contributed by atoms with Crippen LogP contribution < -0.4 is 5.73 Å². The van der Waals surface area contributed by atoms with E-state index in [-0.39, 0.29) is 11.3 Å². The zero-order chi connectivity index (χ0) is 24.2. The number of nitrogens with one attached hydrogen (secondary N) is 2. The average molecular weight is 449 g/mol. The standard InChI is InChI=1S/C27H38N5O/c1-26(31-21-28,23-13-5-3-6-14-23)19-11-9-17-25(33)18-10-12-20-27(2,32(30)22-29)24-15-7-4-8-16-24/h3-8,13-16,21-22,29-30H,9-12,17-20H2,1-2H3,(H2,28,31)/q-1. The fourth-order valence-corrected chi connectivity index (χ4v) is 4.30. The minimum absolute atomic E-state index is 0.287. The molecule has 0 amide bonds. The molecule has 2 aromatic rings. The number of benzene rings is 2. The second kappa shape index (κ2) is 12.9. The van der Waals surface area contributed by atoms with Gasteiger partial charge in [-0.3, -0.25) is 15.2 Å². The fraction of sp³-hybridized carbons (Fsp3) is 0.444. The van der Waals surface area contributed by atoms with Gasteiger partial charge in [-0.05, 0) is 50.7 Å². The van der Waals surface area contributed by atoms with Gasteiger partial charge in [0.05, 0.1) is 18.2 Å². The molecule has 0 bridgehead atoms. The van der Waals surface area contributed by atoms with Crippen molar-refractivity contribution in [2.45, 2.75) is 76.3 Å². The smallest absolute Gasteiger partial charge is 0.132 e. The van der Waals surface area contributed by atoms with Gasteiger partial charge in [0.25, 0.3) is 0 Å². The molecule has 6 nitrogen and oxygen atoms in total. The van der Waals surface area contributed by atoms with Crippen LogP contribution in [0.5, 0.6) is 0 Å². The van der Waals surface area contributed by atoms with Crippen molar-refractivity contribution in [1.29, 1.82) is 5.41 Å². The van der Waals surface area contributed by atoms with E-state index in [0.717, 1.165) is 56.0 Å². The largest absolute Gasteiger partial charge is 0.582 e. The number of hydrogen-bond acceptors (Lipinski definition) is 3. The van der Waals surface area contributed by atoms with Gasteiger partial charge in [0, 0.05) is 18.4 Å². The van der Waals surface area contributed by atoms with Gasteiger partial charge in [-0.2, -0.15) is 0 Å². The molecule has 2 aromatic carbocycles. The second-order valence-corrected chi connectivity index (χ2v) is 9.01. The Bertz CT molecular complexity index is 886. The number of unbranched alkanes of at least 4 members (excludes halogenated alkanes) is 2. The van der Waals surface area contributed by atoms with Gasteiger partial charge in [-0.15, -0.1) is 0 Å². The molecule has 178 valence electrons. The van der Waals surface area contributed by atoms with E-state index >= 15 is 0 Å². The van der Waals surface area contributed by atoms with Crippen LogP contribution in [0.3, 0.4) is 0 Å². The van der Waals surface area contributed by atoms with Gasteiger partial charge in [0.15, 0.2) is 0 Å². The SMILES string of the molecule is CC(CCCCC(=O)CCCCC(C)(c1ccccc1)N([NH-])C=N)(N=CN)c1ccccc1. The van der Waals surface area contributed by atoms with Crippen LogP contribution in [0.2, 0.25) is 0 Å². The summed E-state index contributed by atoms with van der Waals surface area (Å²) in [6, 6.07) is 20.0. The Morgan fingerprint density at radius 2 is 1.45 bits per heavy atom. The Labute approximate surface area is 198 Å². The van der Waals surface area contributed by atoms with Crippen molar-refractivity contribution in [2.75, 3.05) is 0 Å². The number of aliphatic imine (C=N–C) groups is 1. The second-order valence-electron chi connectivity index (χ2n) is 9.01. The van der Waals surface area contributed by atoms with Crippen LogP contribution in [0.1, 0.15) is 76.3 Å². The van der Waals surface area contributed by atoms with Gasteiger partial charge >= 0.3 is 0 Å². The molecule has 6 heteroatoms. The number of ketones is 1. The van der Waals surface area contributed by atoms with Crippen LogP contribution in [-0.4, -0.2) is 23.5 Å². The number of Topliss-reactive ketones (excluding diaryl/α,β-unsaturated/α-hetero) is 1. The lowest BCUT2D eigenvalue weighted by Crippen LogP contribution is -2.38. The van der Waals surface area contributed by atoms with Crippen LogP contribution in [0, 0.1) is 5.41 Å². The lowest BCUT2D eigenvalue weighted by atomic mass is 9.85. The Morgan fingerprint density at radius 3 is 1.97 bits per heavy atom. The summed E-state index contributed by atoms with van der Waals surface area (Å²) in [5.74, 6) is 8.48. The first-order valence-corrected chi connectivity index (χ1v) is 11.7. The van der Waals surface area contributed by atoms with E-state index in [1.807, 2.05) is 55.5 Å². The van der Waals surface area contributed by atoms with Crippen LogP contribution in [0.25, 0.3) is 5.84 Å². The molecule has 0 heterocycles. The van der Waals surface area contributed by atoms with Crippen molar-refractivity contribution in [3.05, 3.63) is 77.6 Å². The monoisotopic (exact) mass is 448 g/mol. The topological polar surface area (TPSA) is 106 Å². The van der Waals surface area contributed by atoms with Crippen molar-refractivity contribution in [3.8, 4) is 0 Å². The van der Waals surface area contributed by atoms with E-state index in [4.69, 9.17) is 17.0 Å². The maximum absolute atomic E-state index is 12.4. The molecule has 0 aliphatic heterocycles. The number of carbonyl (C=O) groups is 1. The van der Waals surface area contributed by atoms with Crippen molar-refractivity contribution < 1.29 is 4.79 Å². The molecule has 2 rings (SSSR count). The number of nitrogens with zero attached hydrogens (tertiary/aromatic N) is 2. The molecule has 0 saturated carbocycles. The Kier molecular flexibility index (Phi) is 10.3. The first-order valence-electron chi connectivity index (χ1n) is 11.7. The highest BCUT2D eigenvalue weighted by Gasteiger charge is 2.27. The van der Waals surface area contributed by atoms with Crippen LogP contribution in [-0.2, 0) is 15.9 Å². The van der Waals surface area contributed by atoms with Crippen molar-refractivity contribution >= 4 is 18.5 Å². The maximum atomic E-state index is 12.4. The molecule has 0 fully saturated rings. The van der Waals surface area contributed by atoms with E-state index in [0.29, 0.717) is 12.8 Å². The van der Waals surface area contributed by atoms with E-state index in [1.54, 1.807) is 0 Å². The highest BCUT2D eigenvalue weighted by atomic mass is 16.1. The summed E-state index contributed by atoms with van der Waals surface area (Å²) in [5, 5.41) is 8.73. The lowest BCUT2D eigenvalue weighted by Gasteiger charge is -2.45. The van der Waals surface area contributed by atoms with Gasteiger partial charge in [0.2, 0.25) is 0 Å². The number of hydrogen-bond donors (Lipinski definition) is 2. The van der Waals surface area contributed by atoms with E-state index in [9.17, 15) is 4.79 Å². The first kappa shape index (κ1) is 26.3. The summed E-state index contributed by atoms with van der Waals surface area (Å²) in [6.07, 6.45) is 8.51. The number of nitrogens with two attached hydrogens (primary N) is 1. The quantitative estimate of drug-likeness (QED) is 0.143. The van der Waals surface area contributed by atoms with E-state index in [1.165, 1.54) is 11.3 Å². The van der Waals surface area contributed by atoms with E-state index in [2.05, 4.69) is 24.0 Å². The third kappa shape index (κ3) is 7.53. The third-order valence-electron chi connectivity index (χ3n) is 6.55. The minimum Gasteiger partial charge on any atom is -0.582 e. The molecule has 0 radical (unpaired) electrons. The molecule has 2 unspecified atom stereocenters. The van der Waals surface area contributed by atoms with Gasteiger partial charge in [0.1, 0.15) is 5.78 Å². The Balaban J connectivity index is 1.76. The van der Waals surface area contributed by atoms with Gasteiger partial charge in [-0.25, -0.2) is 0 Å². The molecule has 33 heavy (non-hydrogen) atoms. The summed E-state index contributed by atoms with van der Waals surface area (Å²) in [7, 11) is 0. The normalized spacial score (nSPS) is 15.0. The molecular formula is C27H38N5O-. The zero-order valence-electron chi connectivity index (χ0n) is 20.0. The highest BCUT2D eigenvalue weighted by molar-refractivity contribution is 5.78. The molecular weight excluding hydrogens is 410 g/mol. The maximum Gasteiger partial charge on any atom is 0.132 e. The van der Waals surface area contributed by atoms with Crippen molar-refractivity contribution in [3.63, 3.8) is 0 Å². The number of carbonyl (C=O) groups excluding carboxylic acids is 1. The molecule has 2 atom stereocenters. The first-order chi connectivity index (χ1) is 15.9. The Hall–Kier alpha value is -2.99. The van der Waals surface area contributed by atoms with Crippen molar-refractivity contribution in [1.82, 2.24) is 5.01 Å². The fourth-order valence-electron chi connectivity index (χ4n) is 4.30. The predicted molar refractivity (Wildman–Crippen MR) is 137 cm³/mol. The Morgan fingerprint density at radius 1 is 0.939 bits per heavy atom. The van der Waals surface area contributed by atoms with Crippen molar-refractivity contribution in [2.24, 2.45) is 10.7 Å². The zero-order valence-corrected chi connectivity index (χ0v) is 20.0. The minimum atomic E-state index is -0.572. The van der Waals surface area contributed by atoms with E-state index < -0.39 is 5.54 Å². The average Bonchev–Trinajstić information content (AvgIpc) is 2.85. The molecule has 0 aromatic heterocycles. The van der Waals surface area contributed by atoms with Gasteiger partial charge in [-0.1, -0.05) is 73.5 Å². The summed E-state index contributed by atoms with van der Waals surface area (Å²) in [6.45, 7) is 4.07. The van der Waals surface area contributed by atoms with Crippen LogP contribution >= 0.6 is 0 Å². The molecule has 0 saturated heterocycles.